The van der Waals surface area contributed by atoms with Gasteiger partial charge in [0.25, 0.3) is 5.56 Å². The number of aryl methyl sites for hydroxylation is 1. The van der Waals surface area contributed by atoms with Crippen LogP contribution in [-0.4, -0.2) is 15.3 Å². The Morgan fingerprint density at radius 1 is 1.37 bits per heavy atom. The Balaban J connectivity index is 1.87. The molecule has 1 aliphatic carbocycles. The van der Waals surface area contributed by atoms with Crippen LogP contribution >= 0.6 is 23.1 Å². The molecule has 0 fully saturated rings. The maximum absolute atomic E-state index is 13.5. The first-order chi connectivity index (χ1) is 13.0. The molecule has 0 radical (unpaired) electrons. The van der Waals surface area contributed by atoms with Gasteiger partial charge in [0, 0.05) is 10.6 Å². The number of nitrogens with zero attached hydrogens (tertiary/aromatic N) is 2. The fraction of sp³-hybridized carbons (Fsp3) is 0.364. The maximum atomic E-state index is 13.5. The molecule has 140 valence electrons. The average molecular weight is 397 g/mol. The smallest absolute Gasteiger partial charge is 0.263 e. The minimum absolute atomic E-state index is 0.111. The Hall–Kier alpha value is -1.85. The van der Waals surface area contributed by atoms with E-state index in [1.165, 1.54) is 16.9 Å². The first-order valence-electron chi connectivity index (χ1n) is 9.39. The summed E-state index contributed by atoms with van der Waals surface area (Å²) in [6, 6.07) is 10.2. The predicted molar refractivity (Wildman–Crippen MR) is 116 cm³/mol. The molecule has 1 atom stereocenters. The summed E-state index contributed by atoms with van der Waals surface area (Å²) >= 11 is 3.33. The second-order valence-corrected chi connectivity index (χ2v) is 9.58. The normalized spacial score (nSPS) is 16.4. The summed E-state index contributed by atoms with van der Waals surface area (Å²) < 4.78 is 1.86. The van der Waals surface area contributed by atoms with E-state index in [-0.39, 0.29) is 5.56 Å². The van der Waals surface area contributed by atoms with Gasteiger partial charge in [0.2, 0.25) is 0 Å². The van der Waals surface area contributed by atoms with Crippen molar-refractivity contribution in [1.82, 2.24) is 9.55 Å². The van der Waals surface area contributed by atoms with Gasteiger partial charge in [-0.25, -0.2) is 4.98 Å². The van der Waals surface area contributed by atoms with Crippen molar-refractivity contribution in [3.05, 3.63) is 68.8 Å². The van der Waals surface area contributed by atoms with Gasteiger partial charge in [0.15, 0.2) is 5.16 Å². The first-order valence-corrected chi connectivity index (χ1v) is 11.2. The molecule has 0 unspecified atom stereocenters. The Kier molecular flexibility index (Phi) is 5.24. The Bertz CT molecular complexity index is 1050. The quantitative estimate of drug-likeness (QED) is 0.333. The molecule has 2 aromatic heterocycles. The number of thioether (sulfide) groups is 1. The molecule has 0 amide bonds. The Labute approximate surface area is 168 Å². The molecule has 0 aliphatic heterocycles. The molecule has 3 nitrogen and oxygen atoms in total. The fourth-order valence-electron chi connectivity index (χ4n) is 3.62. The highest BCUT2D eigenvalue weighted by atomic mass is 32.2. The highest BCUT2D eigenvalue weighted by Crippen LogP contribution is 2.36. The van der Waals surface area contributed by atoms with Crippen LogP contribution in [0.5, 0.6) is 0 Å². The van der Waals surface area contributed by atoms with E-state index in [9.17, 15) is 4.79 Å². The molecule has 1 aliphatic rings. The van der Waals surface area contributed by atoms with Crippen molar-refractivity contribution in [3.63, 3.8) is 0 Å². The number of aromatic nitrogens is 2. The summed E-state index contributed by atoms with van der Waals surface area (Å²) in [6.45, 7) is 8.84. The molecule has 4 rings (SSSR count). The minimum Gasteiger partial charge on any atom is -0.283 e. The molecule has 5 heteroatoms. The lowest BCUT2D eigenvalue weighted by molar-refractivity contribution is 0.508. The van der Waals surface area contributed by atoms with E-state index in [4.69, 9.17) is 4.98 Å². The van der Waals surface area contributed by atoms with E-state index in [0.29, 0.717) is 12.5 Å². The van der Waals surface area contributed by atoms with Crippen LogP contribution in [0.2, 0.25) is 0 Å². The summed E-state index contributed by atoms with van der Waals surface area (Å²) in [6.07, 6.45) is 3.27. The maximum Gasteiger partial charge on any atom is 0.263 e. The number of rotatable bonds is 5. The van der Waals surface area contributed by atoms with Crippen molar-refractivity contribution in [2.45, 2.75) is 44.8 Å². The molecule has 0 N–H and O–H groups in total. The van der Waals surface area contributed by atoms with Crippen LogP contribution in [0.15, 0.2) is 52.4 Å². The molecule has 0 saturated heterocycles. The highest BCUT2D eigenvalue weighted by molar-refractivity contribution is 7.99. The summed E-state index contributed by atoms with van der Waals surface area (Å²) in [5, 5.41) is 1.66. The zero-order valence-electron chi connectivity index (χ0n) is 15.8. The summed E-state index contributed by atoms with van der Waals surface area (Å²) in [4.78, 5) is 20.7. The lowest BCUT2D eigenvalue weighted by Crippen LogP contribution is -2.25. The third-order valence-electron chi connectivity index (χ3n) is 5.01. The van der Waals surface area contributed by atoms with Gasteiger partial charge >= 0.3 is 0 Å². The van der Waals surface area contributed by atoms with Crippen LogP contribution in [0.4, 0.5) is 0 Å². The van der Waals surface area contributed by atoms with Crippen LogP contribution < -0.4 is 5.56 Å². The molecule has 3 aromatic rings. The largest absolute Gasteiger partial charge is 0.283 e. The highest BCUT2D eigenvalue weighted by Gasteiger charge is 2.24. The van der Waals surface area contributed by atoms with Crippen molar-refractivity contribution >= 4 is 33.3 Å². The SMILES string of the molecule is C=C(C)CSc1nc2sc3c(c2c(=O)n1Cc1ccccc1)C[C@H](C)CC3. The predicted octanol–water partition coefficient (Wildman–Crippen LogP) is 5.30. The van der Waals surface area contributed by atoms with E-state index < -0.39 is 0 Å². The molecule has 2 heterocycles. The summed E-state index contributed by atoms with van der Waals surface area (Å²) in [7, 11) is 0. The van der Waals surface area contributed by atoms with E-state index in [0.717, 1.165) is 45.1 Å². The molecule has 0 saturated carbocycles. The topological polar surface area (TPSA) is 34.9 Å². The zero-order valence-corrected chi connectivity index (χ0v) is 17.5. The number of thiophene rings is 1. The van der Waals surface area contributed by atoms with Gasteiger partial charge in [0.05, 0.1) is 11.9 Å². The molecule has 27 heavy (non-hydrogen) atoms. The van der Waals surface area contributed by atoms with Gasteiger partial charge in [0.1, 0.15) is 4.83 Å². The summed E-state index contributed by atoms with van der Waals surface area (Å²) in [5.74, 6) is 1.41. The van der Waals surface area contributed by atoms with Gasteiger partial charge in [-0.15, -0.1) is 11.3 Å². The molecule has 0 spiro atoms. The molecule has 1 aromatic carbocycles. The minimum atomic E-state index is 0.111. The van der Waals surface area contributed by atoms with Crippen molar-refractivity contribution in [1.29, 1.82) is 0 Å². The van der Waals surface area contributed by atoms with Crippen LogP contribution in [0, 0.1) is 5.92 Å². The molecule has 0 bridgehead atoms. The van der Waals surface area contributed by atoms with Crippen LogP contribution in [0.3, 0.4) is 0 Å². The van der Waals surface area contributed by atoms with Crippen molar-refractivity contribution in [3.8, 4) is 0 Å². The standard InChI is InChI=1S/C22H24N2OS2/c1-14(2)13-26-22-23-20-19(17-11-15(3)9-10-18(17)27-20)21(25)24(22)12-16-7-5-4-6-8-16/h4-8,15H,1,9-13H2,2-3H3/t15-/m1/s1. The molecular formula is C22H24N2OS2. The summed E-state index contributed by atoms with van der Waals surface area (Å²) in [5.41, 5.74) is 3.57. The van der Waals surface area contributed by atoms with E-state index in [1.807, 2.05) is 29.7 Å². The Morgan fingerprint density at radius 3 is 2.89 bits per heavy atom. The second-order valence-electron chi connectivity index (χ2n) is 7.55. The van der Waals surface area contributed by atoms with E-state index >= 15 is 0 Å². The van der Waals surface area contributed by atoms with Crippen LogP contribution in [-0.2, 0) is 19.4 Å². The second kappa shape index (κ2) is 7.64. The van der Waals surface area contributed by atoms with Gasteiger partial charge in [-0.1, -0.05) is 61.2 Å². The average Bonchev–Trinajstić information content (AvgIpc) is 3.01. The third-order valence-corrected chi connectivity index (χ3v) is 7.40. The Morgan fingerprint density at radius 2 is 2.15 bits per heavy atom. The number of hydrogen-bond donors (Lipinski definition) is 0. The van der Waals surface area contributed by atoms with E-state index in [1.54, 1.807) is 23.1 Å². The van der Waals surface area contributed by atoms with Crippen molar-refractivity contribution in [2.24, 2.45) is 5.92 Å². The van der Waals surface area contributed by atoms with E-state index in [2.05, 4.69) is 25.6 Å². The molecular weight excluding hydrogens is 372 g/mol. The van der Waals surface area contributed by atoms with Gasteiger partial charge in [-0.3, -0.25) is 9.36 Å². The number of fused-ring (bicyclic) bond motifs is 3. The lowest BCUT2D eigenvalue weighted by atomic mass is 9.89. The van der Waals surface area contributed by atoms with Crippen LogP contribution in [0.1, 0.15) is 36.3 Å². The number of hydrogen-bond acceptors (Lipinski definition) is 4. The van der Waals surface area contributed by atoms with Crippen LogP contribution in [0.25, 0.3) is 10.2 Å². The van der Waals surface area contributed by atoms with Gasteiger partial charge < -0.3 is 0 Å². The fourth-order valence-corrected chi connectivity index (χ4v) is 5.71. The van der Waals surface area contributed by atoms with Gasteiger partial charge in [-0.05, 0) is 43.2 Å². The monoisotopic (exact) mass is 396 g/mol. The zero-order chi connectivity index (χ0) is 19.0. The van der Waals surface area contributed by atoms with Crippen molar-refractivity contribution in [2.75, 3.05) is 5.75 Å². The first kappa shape index (κ1) is 18.5. The third kappa shape index (κ3) is 3.76. The van der Waals surface area contributed by atoms with Crippen molar-refractivity contribution < 1.29 is 0 Å². The number of benzene rings is 1. The lowest BCUT2D eigenvalue weighted by Gasteiger charge is -2.18. The van der Waals surface area contributed by atoms with Gasteiger partial charge in [-0.2, -0.15) is 0 Å².